The van der Waals surface area contributed by atoms with Gasteiger partial charge >= 0.3 is 5.69 Å². The fraction of sp³-hybridized carbons (Fsp3) is 0.143. The molecule has 0 aliphatic rings. The molecule has 0 saturated heterocycles. The molecular formula is C14H11BrClNO4. The molecular weight excluding hydrogens is 362 g/mol. The molecule has 5 nitrogen and oxygen atoms in total. The van der Waals surface area contributed by atoms with Crippen LogP contribution in [0.15, 0.2) is 40.9 Å². The second-order valence-corrected chi connectivity index (χ2v) is 5.62. The van der Waals surface area contributed by atoms with Gasteiger partial charge in [-0.2, -0.15) is 0 Å². The van der Waals surface area contributed by atoms with Crippen LogP contribution in [0.2, 0.25) is 5.02 Å². The summed E-state index contributed by atoms with van der Waals surface area (Å²) >= 11 is 9.16. The highest BCUT2D eigenvalue weighted by atomic mass is 79.9. The average molecular weight is 373 g/mol. The van der Waals surface area contributed by atoms with Crippen LogP contribution in [0.4, 0.5) is 5.69 Å². The molecule has 2 aromatic carbocycles. The van der Waals surface area contributed by atoms with Crippen LogP contribution in [0, 0.1) is 10.1 Å². The van der Waals surface area contributed by atoms with Gasteiger partial charge in [-0.15, -0.1) is 0 Å². The van der Waals surface area contributed by atoms with E-state index in [0.717, 1.165) is 0 Å². The van der Waals surface area contributed by atoms with E-state index in [-0.39, 0.29) is 11.4 Å². The first-order valence-corrected chi connectivity index (χ1v) is 7.15. The lowest BCUT2D eigenvalue weighted by molar-refractivity contribution is -0.385. The summed E-state index contributed by atoms with van der Waals surface area (Å²) in [5, 5.41) is 20.9. The monoisotopic (exact) mass is 371 g/mol. The van der Waals surface area contributed by atoms with Crippen molar-refractivity contribution in [2.45, 2.75) is 13.0 Å². The molecule has 0 spiro atoms. The van der Waals surface area contributed by atoms with Crippen molar-refractivity contribution < 1.29 is 14.8 Å². The fourth-order valence-electron chi connectivity index (χ4n) is 1.76. The summed E-state index contributed by atoms with van der Waals surface area (Å²) in [5.41, 5.74) is 0.526. The van der Waals surface area contributed by atoms with Crippen LogP contribution in [-0.4, -0.2) is 10.0 Å². The number of hydrogen-bond acceptors (Lipinski definition) is 4. The van der Waals surface area contributed by atoms with E-state index in [1.54, 1.807) is 25.1 Å². The van der Waals surface area contributed by atoms with Crippen LogP contribution >= 0.6 is 27.5 Å². The molecule has 0 unspecified atom stereocenters. The predicted molar refractivity (Wildman–Crippen MR) is 83.0 cm³/mol. The lowest BCUT2D eigenvalue weighted by Crippen LogP contribution is -1.95. The first kappa shape index (κ1) is 15.8. The highest BCUT2D eigenvalue weighted by molar-refractivity contribution is 9.10. The average Bonchev–Trinajstić information content (AvgIpc) is 2.37. The molecule has 0 saturated carbocycles. The molecule has 0 fully saturated rings. The summed E-state index contributed by atoms with van der Waals surface area (Å²) in [5.74, 6) is 0.459. The summed E-state index contributed by atoms with van der Waals surface area (Å²) in [6.07, 6.45) is -0.631. The first-order chi connectivity index (χ1) is 9.88. The van der Waals surface area contributed by atoms with Gasteiger partial charge in [0.2, 0.25) is 5.75 Å². The van der Waals surface area contributed by atoms with Gasteiger partial charge in [0.05, 0.1) is 11.0 Å². The Kier molecular flexibility index (Phi) is 4.82. The van der Waals surface area contributed by atoms with Crippen molar-refractivity contribution in [2.24, 2.45) is 0 Å². The molecule has 0 aliphatic heterocycles. The third-order valence-corrected chi connectivity index (χ3v) is 3.69. The highest BCUT2D eigenvalue weighted by Gasteiger charge is 2.17. The number of rotatable bonds is 4. The molecule has 110 valence electrons. The van der Waals surface area contributed by atoms with Gasteiger partial charge in [-0.05, 0) is 30.7 Å². The molecule has 0 aromatic heterocycles. The normalized spacial score (nSPS) is 12.0. The maximum Gasteiger partial charge on any atom is 0.311 e. The zero-order chi connectivity index (χ0) is 15.6. The van der Waals surface area contributed by atoms with Gasteiger partial charge in [-0.25, -0.2) is 0 Å². The van der Waals surface area contributed by atoms with Crippen LogP contribution in [0.5, 0.6) is 11.5 Å². The Balaban J connectivity index is 2.36. The van der Waals surface area contributed by atoms with Gasteiger partial charge in [0.1, 0.15) is 5.75 Å². The largest absolute Gasteiger partial charge is 0.450 e. The van der Waals surface area contributed by atoms with Crippen molar-refractivity contribution >= 4 is 33.2 Å². The third-order valence-electron chi connectivity index (χ3n) is 2.77. The molecule has 2 rings (SSSR count). The topological polar surface area (TPSA) is 72.6 Å². The van der Waals surface area contributed by atoms with Crippen LogP contribution in [0.1, 0.15) is 18.6 Å². The Morgan fingerprint density at radius 3 is 2.62 bits per heavy atom. The lowest BCUT2D eigenvalue weighted by atomic mass is 10.1. The number of benzene rings is 2. The molecule has 0 radical (unpaired) electrons. The first-order valence-electron chi connectivity index (χ1n) is 5.98. The molecule has 2 aromatic rings. The maximum absolute atomic E-state index is 11.0. The van der Waals surface area contributed by atoms with E-state index in [0.29, 0.717) is 20.8 Å². The minimum absolute atomic E-state index is 0.0594. The molecule has 0 heterocycles. The number of ether oxygens (including phenoxy) is 1. The second-order valence-electron chi connectivity index (χ2n) is 4.33. The number of halogens is 2. The minimum atomic E-state index is -0.631. The quantitative estimate of drug-likeness (QED) is 0.614. The third kappa shape index (κ3) is 3.72. The summed E-state index contributed by atoms with van der Waals surface area (Å²) in [7, 11) is 0. The van der Waals surface area contributed by atoms with Gasteiger partial charge in [0.15, 0.2) is 0 Å². The van der Waals surface area contributed by atoms with Gasteiger partial charge in [0, 0.05) is 21.6 Å². The highest BCUT2D eigenvalue weighted by Crippen LogP contribution is 2.35. The Labute approximate surface area is 134 Å². The maximum atomic E-state index is 11.0. The summed E-state index contributed by atoms with van der Waals surface area (Å²) in [6, 6.07) is 9.04. The number of aliphatic hydroxyl groups is 1. The van der Waals surface area contributed by atoms with Gasteiger partial charge in [-0.3, -0.25) is 10.1 Å². The van der Waals surface area contributed by atoms with E-state index in [4.69, 9.17) is 16.3 Å². The van der Waals surface area contributed by atoms with Crippen LogP contribution in [0.3, 0.4) is 0 Å². The van der Waals surface area contributed by atoms with Crippen LogP contribution in [-0.2, 0) is 0 Å². The van der Waals surface area contributed by atoms with Crippen molar-refractivity contribution in [3.8, 4) is 11.5 Å². The smallest absolute Gasteiger partial charge is 0.311 e. The number of aliphatic hydroxyl groups excluding tert-OH is 1. The molecule has 1 N–H and O–H groups in total. The number of nitro groups is 1. The van der Waals surface area contributed by atoms with Gasteiger partial charge in [0.25, 0.3) is 0 Å². The Morgan fingerprint density at radius 1 is 1.33 bits per heavy atom. The number of nitrogens with zero attached hydrogens (tertiary/aromatic N) is 1. The molecule has 0 bridgehead atoms. The van der Waals surface area contributed by atoms with Crippen molar-refractivity contribution in [1.29, 1.82) is 0 Å². The van der Waals surface area contributed by atoms with E-state index >= 15 is 0 Å². The Hall–Kier alpha value is -1.63. The predicted octanol–water partition coefficient (Wildman–Crippen LogP) is 4.86. The Bertz CT molecular complexity index is 691. The van der Waals surface area contributed by atoms with Crippen molar-refractivity contribution in [3.63, 3.8) is 0 Å². The van der Waals surface area contributed by atoms with E-state index in [9.17, 15) is 15.2 Å². The standard InChI is InChI=1S/C14H11BrClNO4/c1-8(18)11-4-3-10(7-12(11)15)21-14-6-9(16)2-5-13(14)17(19)20/h2-8,18H,1H3/t8-/m1/s1. The van der Waals surface area contributed by atoms with Gasteiger partial charge < -0.3 is 9.84 Å². The van der Waals surface area contributed by atoms with Crippen LogP contribution < -0.4 is 4.74 Å². The van der Waals surface area contributed by atoms with E-state index in [1.807, 2.05) is 0 Å². The second kappa shape index (κ2) is 6.43. The van der Waals surface area contributed by atoms with Crippen molar-refractivity contribution in [3.05, 3.63) is 61.6 Å². The molecule has 1 atom stereocenters. The van der Waals surface area contributed by atoms with Crippen LogP contribution in [0.25, 0.3) is 0 Å². The number of hydrogen-bond donors (Lipinski definition) is 1. The van der Waals surface area contributed by atoms with Gasteiger partial charge in [-0.1, -0.05) is 33.6 Å². The molecule has 21 heavy (non-hydrogen) atoms. The fourth-order valence-corrected chi connectivity index (χ4v) is 2.61. The zero-order valence-corrected chi connectivity index (χ0v) is 13.3. The summed E-state index contributed by atoms with van der Waals surface area (Å²) in [6.45, 7) is 1.64. The zero-order valence-electron chi connectivity index (χ0n) is 10.9. The molecule has 0 aliphatic carbocycles. The SMILES string of the molecule is C[C@@H](O)c1ccc(Oc2cc(Cl)ccc2[N+](=O)[O-])cc1Br. The Morgan fingerprint density at radius 2 is 2.05 bits per heavy atom. The number of nitro benzene ring substituents is 1. The van der Waals surface area contributed by atoms with Crippen molar-refractivity contribution in [2.75, 3.05) is 0 Å². The molecule has 0 amide bonds. The lowest BCUT2D eigenvalue weighted by Gasteiger charge is -2.11. The summed E-state index contributed by atoms with van der Waals surface area (Å²) in [4.78, 5) is 10.4. The van der Waals surface area contributed by atoms with E-state index in [2.05, 4.69) is 15.9 Å². The van der Waals surface area contributed by atoms with Crippen molar-refractivity contribution in [1.82, 2.24) is 0 Å². The van der Waals surface area contributed by atoms with E-state index in [1.165, 1.54) is 18.2 Å². The summed E-state index contributed by atoms with van der Waals surface area (Å²) < 4.78 is 6.18. The van der Waals surface area contributed by atoms with E-state index < -0.39 is 11.0 Å². The minimum Gasteiger partial charge on any atom is -0.450 e. The molecule has 7 heteroatoms.